The standard InChI is InChI=1S/C23H27NO7/c1-14-10-19-20(31-9-8-30-19)12-16(14)23(26)24-6-7-29-21(13-25)22(24)15-4-5-17(27-2)18(11-15)28-3/h4-5,10-12,21-22,25H,6-9,13H2,1-3H3. The highest BCUT2D eigenvalue weighted by Crippen LogP contribution is 2.38. The Hall–Kier alpha value is -2.97. The van der Waals surface area contributed by atoms with Gasteiger partial charge in [-0.05, 0) is 42.3 Å². The molecule has 1 saturated heterocycles. The number of aliphatic hydroxyl groups is 1. The van der Waals surface area contributed by atoms with E-state index in [0.717, 1.165) is 11.1 Å². The van der Waals surface area contributed by atoms with Crippen LogP contribution in [0, 0.1) is 6.92 Å². The third-order valence-electron chi connectivity index (χ3n) is 5.66. The molecule has 8 nitrogen and oxygen atoms in total. The van der Waals surface area contributed by atoms with Crippen molar-refractivity contribution >= 4 is 5.91 Å². The summed E-state index contributed by atoms with van der Waals surface area (Å²) in [4.78, 5) is 15.4. The molecule has 4 rings (SSSR count). The second-order valence-corrected chi connectivity index (χ2v) is 7.46. The number of ether oxygens (including phenoxy) is 5. The number of rotatable bonds is 5. The Labute approximate surface area is 181 Å². The van der Waals surface area contributed by atoms with Gasteiger partial charge in [-0.1, -0.05) is 6.07 Å². The summed E-state index contributed by atoms with van der Waals surface area (Å²) in [7, 11) is 3.13. The lowest BCUT2D eigenvalue weighted by Crippen LogP contribution is -2.49. The van der Waals surface area contributed by atoms with Crippen LogP contribution in [0.25, 0.3) is 0 Å². The number of benzene rings is 2. The maximum atomic E-state index is 13.7. The molecular formula is C23H27NO7. The van der Waals surface area contributed by atoms with Crippen LogP contribution in [-0.4, -0.2) is 69.2 Å². The zero-order valence-electron chi connectivity index (χ0n) is 17.9. The molecule has 2 aromatic carbocycles. The normalized spacial score (nSPS) is 20.3. The van der Waals surface area contributed by atoms with E-state index in [2.05, 4.69) is 0 Å². The molecule has 2 aromatic rings. The Morgan fingerprint density at radius 3 is 2.45 bits per heavy atom. The summed E-state index contributed by atoms with van der Waals surface area (Å²) in [6.45, 7) is 3.32. The summed E-state index contributed by atoms with van der Waals surface area (Å²) in [6.07, 6.45) is -0.562. The van der Waals surface area contributed by atoms with E-state index in [4.69, 9.17) is 23.7 Å². The topological polar surface area (TPSA) is 86.7 Å². The van der Waals surface area contributed by atoms with Gasteiger partial charge in [0.2, 0.25) is 0 Å². The molecule has 8 heteroatoms. The lowest BCUT2D eigenvalue weighted by atomic mass is 9.96. The number of fused-ring (bicyclic) bond motifs is 1. The van der Waals surface area contributed by atoms with Crippen molar-refractivity contribution in [2.45, 2.75) is 19.1 Å². The fourth-order valence-corrected chi connectivity index (χ4v) is 4.12. The van der Waals surface area contributed by atoms with E-state index in [-0.39, 0.29) is 12.5 Å². The molecule has 0 aromatic heterocycles. The first-order valence-corrected chi connectivity index (χ1v) is 10.2. The van der Waals surface area contributed by atoms with Crippen LogP contribution in [0.15, 0.2) is 30.3 Å². The van der Waals surface area contributed by atoms with Gasteiger partial charge in [-0.25, -0.2) is 0 Å². The molecule has 31 heavy (non-hydrogen) atoms. The molecule has 2 aliphatic heterocycles. The number of hydrogen-bond donors (Lipinski definition) is 1. The number of hydrogen-bond acceptors (Lipinski definition) is 7. The average Bonchev–Trinajstić information content (AvgIpc) is 2.82. The second kappa shape index (κ2) is 9.03. The molecule has 0 saturated carbocycles. The van der Waals surface area contributed by atoms with Gasteiger partial charge in [0.25, 0.3) is 5.91 Å². The van der Waals surface area contributed by atoms with E-state index in [1.165, 1.54) is 0 Å². The fourth-order valence-electron chi connectivity index (χ4n) is 4.12. The van der Waals surface area contributed by atoms with Crippen molar-refractivity contribution in [3.63, 3.8) is 0 Å². The van der Waals surface area contributed by atoms with Crippen molar-refractivity contribution in [2.24, 2.45) is 0 Å². The number of nitrogens with zero attached hydrogens (tertiary/aromatic N) is 1. The number of methoxy groups -OCH3 is 2. The number of carbonyl (C=O) groups is 1. The third-order valence-corrected chi connectivity index (χ3v) is 5.66. The Balaban J connectivity index is 1.73. The highest BCUT2D eigenvalue weighted by atomic mass is 16.6. The lowest BCUT2D eigenvalue weighted by Gasteiger charge is -2.41. The number of aliphatic hydroxyl groups excluding tert-OH is 1. The van der Waals surface area contributed by atoms with Crippen LogP contribution in [0.1, 0.15) is 27.5 Å². The van der Waals surface area contributed by atoms with Crippen LogP contribution in [-0.2, 0) is 4.74 Å². The molecule has 0 bridgehead atoms. The molecule has 0 aliphatic carbocycles. The average molecular weight is 429 g/mol. The van der Waals surface area contributed by atoms with Crippen LogP contribution in [0.5, 0.6) is 23.0 Å². The first kappa shape index (κ1) is 21.3. The molecular weight excluding hydrogens is 402 g/mol. The summed E-state index contributed by atoms with van der Waals surface area (Å²) >= 11 is 0. The quantitative estimate of drug-likeness (QED) is 0.781. The Kier molecular flexibility index (Phi) is 6.20. The van der Waals surface area contributed by atoms with Crippen molar-refractivity contribution < 1.29 is 33.6 Å². The molecule has 2 unspecified atom stereocenters. The summed E-state index contributed by atoms with van der Waals surface area (Å²) < 4.78 is 27.9. The van der Waals surface area contributed by atoms with Crippen LogP contribution < -0.4 is 18.9 Å². The fraction of sp³-hybridized carbons (Fsp3) is 0.435. The molecule has 0 radical (unpaired) electrons. The van der Waals surface area contributed by atoms with E-state index >= 15 is 0 Å². The number of morpholine rings is 1. The van der Waals surface area contributed by atoms with Gasteiger partial charge in [0.15, 0.2) is 23.0 Å². The summed E-state index contributed by atoms with van der Waals surface area (Å²) in [5.74, 6) is 2.19. The van der Waals surface area contributed by atoms with Gasteiger partial charge in [-0.15, -0.1) is 0 Å². The zero-order valence-corrected chi connectivity index (χ0v) is 17.9. The molecule has 1 N–H and O–H groups in total. The minimum absolute atomic E-state index is 0.156. The smallest absolute Gasteiger partial charge is 0.254 e. The maximum Gasteiger partial charge on any atom is 0.254 e. The minimum atomic E-state index is -0.562. The van der Waals surface area contributed by atoms with Gasteiger partial charge in [0.1, 0.15) is 19.3 Å². The van der Waals surface area contributed by atoms with Gasteiger partial charge in [0, 0.05) is 12.1 Å². The largest absolute Gasteiger partial charge is 0.493 e. The van der Waals surface area contributed by atoms with E-state index in [9.17, 15) is 9.90 Å². The predicted molar refractivity (Wildman–Crippen MR) is 112 cm³/mol. The third kappa shape index (κ3) is 4.00. The van der Waals surface area contributed by atoms with Gasteiger partial charge in [-0.2, -0.15) is 0 Å². The number of carbonyl (C=O) groups excluding carboxylic acids is 1. The molecule has 1 amide bonds. The van der Waals surface area contributed by atoms with Crippen LogP contribution in [0.4, 0.5) is 0 Å². The molecule has 2 heterocycles. The predicted octanol–water partition coefficient (Wildman–Crippen LogP) is 2.36. The monoisotopic (exact) mass is 429 g/mol. The summed E-state index contributed by atoms with van der Waals surface area (Å²) in [5, 5.41) is 9.98. The highest BCUT2D eigenvalue weighted by molar-refractivity contribution is 5.97. The Morgan fingerprint density at radius 1 is 1.06 bits per heavy atom. The van der Waals surface area contributed by atoms with Gasteiger partial charge in [0.05, 0.1) is 33.5 Å². The minimum Gasteiger partial charge on any atom is -0.493 e. The van der Waals surface area contributed by atoms with Gasteiger partial charge >= 0.3 is 0 Å². The van der Waals surface area contributed by atoms with Crippen molar-refractivity contribution in [2.75, 3.05) is 47.2 Å². The Morgan fingerprint density at radius 2 is 1.77 bits per heavy atom. The zero-order chi connectivity index (χ0) is 22.0. The van der Waals surface area contributed by atoms with Gasteiger partial charge < -0.3 is 33.7 Å². The Bertz CT molecular complexity index is 961. The highest BCUT2D eigenvalue weighted by Gasteiger charge is 2.37. The molecule has 1 fully saturated rings. The molecule has 2 atom stereocenters. The second-order valence-electron chi connectivity index (χ2n) is 7.46. The molecule has 2 aliphatic rings. The van der Waals surface area contributed by atoms with E-state index < -0.39 is 12.1 Å². The molecule has 0 spiro atoms. The molecule has 166 valence electrons. The first-order valence-electron chi connectivity index (χ1n) is 10.2. The van der Waals surface area contributed by atoms with Crippen molar-refractivity contribution in [1.29, 1.82) is 0 Å². The first-order chi connectivity index (χ1) is 15.1. The van der Waals surface area contributed by atoms with E-state index in [1.54, 1.807) is 31.3 Å². The van der Waals surface area contributed by atoms with Crippen LogP contribution in [0.3, 0.4) is 0 Å². The van der Waals surface area contributed by atoms with Crippen molar-refractivity contribution in [1.82, 2.24) is 4.90 Å². The van der Waals surface area contributed by atoms with Crippen molar-refractivity contribution in [3.8, 4) is 23.0 Å². The van der Waals surface area contributed by atoms with Crippen LogP contribution in [0.2, 0.25) is 0 Å². The lowest BCUT2D eigenvalue weighted by molar-refractivity contribution is -0.0812. The number of amides is 1. The SMILES string of the molecule is COc1ccc(C2C(CO)OCCN2C(=O)c2cc3c(cc2C)OCCO3)cc1OC. The maximum absolute atomic E-state index is 13.7. The summed E-state index contributed by atoms with van der Waals surface area (Å²) in [6, 6.07) is 8.55. The van der Waals surface area contributed by atoms with E-state index in [0.29, 0.717) is 54.9 Å². The summed E-state index contributed by atoms with van der Waals surface area (Å²) in [5.41, 5.74) is 2.13. The van der Waals surface area contributed by atoms with Crippen molar-refractivity contribution in [3.05, 3.63) is 47.0 Å². The number of aryl methyl sites for hydroxylation is 1. The van der Waals surface area contributed by atoms with Gasteiger partial charge in [-0.3, -0.25) is 4.79 Å². The van der Waals surface area contributed by atoms with Crippen LogP contribution >= 0.6 is 0 Å². The van der Waals surface area contributed by atoms with E-state index in [1.807, 2.05) is 25.1 Å².